The van der Waals surface area contributed by atoms with Crippen LogP contribution in [0.2, 0.25) is 5.02 Å². The molecular weight excluding hydrogens is 256 g/mol. The Balaban J connectivity index is 1.62. The van der Waals surface area contributed by atoms with E-state index in [-0.39, 0.29) is 0 Å². The van der Waals surface area contributed by atoms with E-state index < -0.39 is 0 Å². The Morgan fingerprint density at radius 2 is 2.00 bits per heavy atom. The highest BCUT2D eigenvalue weighted by Crippen LogP contribution is 2.18. The van der Waals surface area contributed by atoms with Gasteiger partial charge in [0.05, 0.1) is 0 Å². The molecule has 106 valence electrons. The van der Waals surface area contributed by atoms with Gasteiger partial charge >= 0.3 is 0 Å². The van der Waals surface area contributed by atoms with Gasteiger partial charge in [0.2, 0.25) is 0 Å². The van der Waals surface area contributed by atoms with Crippen molar-refractivity contribution < 1.29 is 0 Å². The summed E-state index contributed by atoms with van der Waals surface area (Å²) in [4.78, 5) is 2.59. The third-order valence-corrected chi connectivity index (χ3v) is 4.38. The van der Waals surface area contributed by atoms with Crippen LogP contribution in [0.3, 0.4) is 0 Å². The van der Waals surface area contributed by atoms with Crippen LogP contribution < -0.4 is 5.32 Å². The summed E-state index contributed by atoms with van der Waals surface area (Å²) in [6.45, 7) is 7.93. The second-order valence-corrected chi connectivity index (χ2v) is 5.86. The Hall–Kier alpha value is -0.570. The molecule has 0 spiro atoms. The number of piperidine rings is 1. The van der Waals surface area contributed by atoms with Crippen LogP contribution in [0.15, 0.2) is 18.2 Å². The van der Waals surface area contributed by atoms with E-state index >= 15 is 0 Å². The lowest BCUT2D eigenvalue weighted by Crippen LogP contribution is -2.32. The fourth-order valence-corrected chi connectivity index (χ4v) is 2.87. The Bertz CT molecular complexity index is 386. The first-order valence-electron chi connectivity index (χ1n) is 7.44. The predicted molar refractivity (Wildman–Crippen MR) is 82.8 cm³/mol. The second kappa shape index (κ2) is 7.88. The maximum atomic E-state index is 6.12. The summed E-state index contributed by atoms with van der Waals surface area (Å²) in [6, 6.07) is 6.13. The average Bonchev–Trinajstić information content (AvgIpc) is 2.44. The van der Waals surface area contributed by atoms with Crippen molar-refractivity contribution in [1.29, 1.82) is 0 Å². The number of nitrogens with one attached hydrogen (secondary N) is 1. The van der Waals surface area contributed by atoms with Crippen molar-refractivity contribution in [2.75, 3.05) is 26.2 Å². The third kappa shape index (κ3) is 4.79. The Morgan fingerprint density at radius 1 is 1.21 bits per heavy atom. The van der Waals surface area contributed by atoms with Gasteiger partial charge in [0, 0.05) is 11.6 Å². The van der Waals surface area contributed by atoms with Gasteiger partial charge < -0.3 is 10.2 Å². The van der Waals surface area contributed by atoms with Crippen LogP contribution in [-0.2, 0) is 6.54 Å². The molecule has 0 unspecified atom stereocenters. The average molecular weight is 281 g/mol. The van der Waals surface area contributed by atoms with E-state index in [2.05, 4.69) is 23.2 Å². The van der Waals surface area contributed by atoms with Gasteiger partial charge in [-0.25, -0.2) is 0 Å². The molecule has 1 aliphatic rings. The zero-order chi connectivity index (χ0) is 13.5. The number of nitrogens with zero attached hydrogens (tertiary/aromatic N) is 1. The maximum Gasteiger partial charge on any atom is 0.0438 e. The minimum absolute atomic E-state index is 0.868. The highest BCUT2D eigenvalue weighted by Gasteiger charge is 2.08. The van der Waals surface area contributed by atoms with E-state index in [1.807, 2.05) is 12.1 Å². The van der Waals surface area contributed by atoms with Crippen molar-refractivity contribution in [2.24, 2.45) is 0 Å². The van der Waals surface area contributed by atoms with Gasteiger partial charge in [0.15, 0.2) is 0 Å². The second-order valence-electron chi connectivity index (χ2n) is 5.46. The van der Waals surface area contributed by atoms with Gasteiger partial charge in [0.25, 0.3) is 0 Å². The molecule has 0 radical (unpaired) electrons. The Kier molecular flexibility index (Phi) is 6.15. The molecule has 1 aliphatic heterocycles. The van der Waals surface area contributed by atoms with Gasteiger partial charge in [-0.2, -0.15) is 0 Å². The minimum atomic E-state index is 0.868. The zero-order valence-electron chi connectivity index (χ0n) is 11.9. The molecule has 0 saturated carbocycles. The quantitative estimate of drug-likeness (QED) is 0.801. The topological polar surface area (TPSA) is 15.3 Å². The van der Waals surface area contributed by atoms with Gasteiger partial charge in [-0.3, -0.25) is 0 Å². The molecule has 19 heavy (non-hydrogen) atoms. The van der Waals surface area contributed by atoms with Gasteiger partial charge in [-0.1, -0.05) is 30.2 Å². The number of halogens is 1. The molecule has 1 fully saturated rings. The summed E-state index contributed by atoms with van der Waals surface area (Å²) in [5.74, 6) is 0. The first kappa shape index (κ1) is 14.8. The van der Waals surface area contributed by atoms with Gasteiger partial charge in [-0.05, 0) is 69.6 Å². The summed E-state index contributed by atoms with van der Waals surface area (Å²) in [6.07, 6.45) is 5.42. The minimum Gasteiger partial charge on any atom is -0.313 e. The monoisotopic (exact) mass is 280 g/mol. The van der Waals surface area contributed by atoms with E-state index in [0.717, 1.165) is 18.1 Å². The molecule has 1 heterocycles. The zero-order valence-corrected chi connectivity index (χ0v) is 12.7. The molecule has 1 saturated heterocycles. The van der Waals surface area contributed by atoms with Gasteiger partial charge in [0.1, 0.15) is 0 Å². The largest absolute Gasteiger partial charge is 0.313 e. The molecule has 1 N–H and O–H groups in total. The van der Waals surface area contributed by atoms with Crippen LogP contribution in [0.5, 0.6) is 0 Å². The fourth-order valence-electron chi connectivity index (χ4n) is 2.68. The molecule has 0 atom stereocenters. The van der Waals surface area contributed by atoms with Crippen molar-refractivity contribution in [2.45, 2.75) is 39.2 Å². The third-order valence-electron chi connectivity index (χ3n) is 3.97. The molecule has 0 aliphatic carbocycles. The summed E-state index contributed by atoms with van der Waals surface area (Å²) < 4.78 is 0. The van der Waals surface area contributed by atoms with E-state index in [0.29, 0.717) is 0 Å². The van der Waals surface area contributed by atoms with Crippen molar-refractivity contribution >= 4 is 11.6 Å². The lowest BCUT2D eigenvalue weighted by Gasteiger charge is -2.26. The molecule has 0 aromatic heterocycles. The van der Waals surface area contributed by atoms with Crippen molar-refractivity contribution in [3.8, 4) is 0 Å². The van der Waals surface area contributed by atoms with Crippen LogP contribution in [-0.4, -0.2) is 31.1 Å². The van der Waals surface area contributed by atoms with Crippen molar-refractivity contribution in [1.82, 2.24) is 10.2 Å². The summed E-state index contributed by atoms with van der Waals surface area (Å²) in [7, 11) is 0. The number of hydrogen-bond acceptors (Lipinski definition) is 2. The number of likely N-dealkylation sites (tertiary alicyclic amines) is 1. The molecule has 2 nitrogen and oxygen atoms in total. The Morgan fingerprint density at radius 3 is 2.79 bits per heavy atom. The molecule has 0 bridgehead atoms. The lowest BCUT2D eigenvalue weighted by atomic mass is 10.1. The van der Waals surface area contributed by atoms with Crippen LogP contribution in [0, 0.1) is 6.92 Å². The predicted octanol–water partition coefficient (Wildman–Crippen LogP) is 3.61. The van der Waals surface area contributed by atoms with Crippen molar-refractivity contribution in [3.63, 3.8) is 0 Å². The lowest BCUT2D eigenvalue weighted by molar-refractivity contribution is 0.225. The van der Waals surface area contributed by atoms with Crippen LogP contribution in [0.4, 0.5) is 0 Å². The smallest absolute Gasteiger partial charge is 0.0438 e. The highest BCUT2D eigenvalue weighted by molar-refractivity contribution is 6.31. The molecule has 3 heteroatoms. The molecule has 0 amide bonds. The molecule has 2 rings (SSSR count). The number of rotatable bonds is 6. The number of benzene rings is 1. The van der Waals surface area contributed by atoms with Crippen LogP contribution >= 0.6 is 11.6 Å². The Labute approximate surface area is 122 Å². The molecular formula is C16H25ClN2. The van der Waals surface area contributed by atoms with E-state index in [1.54, 1.807) is 0 Å². The fraction of sp³-hybridized carbons (Fsp3) is 0.625. The molecule has 1 aromatic carbocycles. The van der Waals surface area contributed by atoms with Crippen LogP contribution in [0.1, 0.15) is 36.8 Å². The number of hydrogen-bond donors (Lipinski definition) is 1. The van der Waals surface area contributed by atoms with E-state index in [1.165, 1.54) is 56.4 Å². The van der Waals surface area contributed by atoms with Crippen LogP contribution in [0.25, 0.3) is 0 Å². The highest BCUT2D eigenvalue weighted by atomic mass is 35.5. The normalized spacial score (nSPS) is 16.7. The SMILES string of the molecule is Cc1c(Cl)cccc1CNCCCN1CCCCC1. The van der Waals surface area contributed by atoms with Gasteiger partial charge in [-0.15, -0.1) is 0 Å². The standard InChI is InChI=1S/C16H25ClN2/c1-14-15(7-5-8-16(14)17)13-18-9-6-12-19-10-3-2-4-11-19/h5,7-8,18H,2-4,6,9-13H2,1H3. The first-order valence-corrected chi connectivity index (χ1v) is 7.82. The van der Waals surface area contributed by atoms with E-state index in [4.69, 9.17) is 11.6 Å². The summed E-state index contributed by atoms with van der Waals surface area (Å²) >= 11 is 6.12. The van der Waals surface area contributed by atoms with E-state index in [9.17, 15) is 0 Å². The maximum absolute atomic E-state index is 6.12. The molecule has 1 aromatic rings. The first-order chi connectivity index (χ1) is 9.27. The van der Waals surface area contributed by atoms with Crippen molar-refractivity contribution in [3.05, 3.63) is 34.3 Å². The summed E-state index contributed by atoms with van der Waals surface area (Å²) in [5.41, 5.74) is 2.51. The summed E-state index contributed by atoms with van der Waals surface area (Å²) in [5, 5.41) is 4.39.